The van der Waals surface area contributed by atoms with Gasteiger partial charge >= 0.3 is 0 Å². The first kappa shape index (κ1) is 16.0. The molecule has 0 N–H and O–H groups in total. The van der Waals surface area contributed by atoms with E-state index in [1.165, 1.54) is 27.1 Å². The summed E-state index contributed by atoms with van der Waals surface area (Å²) in [7, 11) is 2.14. The maximum atomic E-state index is 12.9. The highest BCUT2D eigenvalue weighted by molar-refractivity contribution is 5.87. The minimum atomic E-state index is -0.0699. The molecule has 2 aliphatic rings. The Hall–Kier alpha value is -3.21. The van der Waals surface area contributed by atoms with Gasteiger partial charge in [-0.3, -0.25) is 4.79 Å². The molecule has 0 spiro atoms. The van der Waals surface area contributed by atoms with Gasteiger partial charge in [-0.1, -0.05) is 18.2 Å². The number of benzene rings is 1. The smallest absolute Gasteiger partial charge is 0.276 e. The zero-order valence-corrected chi connectivity index (χ0v) is 15.2. The van der Waals surface area contributed by atoms with Crippen LogP contribution in [0.15, 0.2) is 53.6 Å². The number of pyridine rings is 1. The number of rotatable bonds is 2. The molecule has 5 nitrogen and oxygen atoms in total. The molecule has 2 aromatic heterocycles. The van der Waals surface area contributed by atoms with Gasteiger partial charge in [-0.05, 0) is 60.2 Å². The number of nitrogens with zero attached hydrogens (tertiary/aromatic N) is 4. The van der Waals surface area contributed by atoms with Crippen molar-refractivity contribution in [2.24, 2.45) is 0 Å². The lowest BCUT2D eigenvalue weighted by Crippen LogP contribution is -2.27. The highest BCUT2D eigenvalue weighted by Gasteiger charge is 2.23. The average Bonchev–Trinajstić information content (AvgIpc) is 3.10. The molecule has 0 fully saturated rings. The Bertz CT molecular complexity index is 1110. The van der Waals surface area contributed by atoms with Gasteiger partial charge < -0.3 is 4.90 Å². The third kappa shape index (κ3) is 2.58. The minimum Gasteiger partial charge on any atom is -0.374 e. The van der Waals surface area contributed by atoms with Crippen molar-refractivity contribution in [3.05, 3.63) is 81.4 Å². The van der Waals surface area contributed by atoms with E-state index in [1.807, 2.05) is 12.1 Å². The van der Waals surface area contributed by atoms with Crippen molar-refractivity contribution >= 4 is 17.3 Å². The molecule has 27 heavy (non-hydrogen) atoms. The van der Waals surface area contributed by atoms with Gasteiger partial charge in [0.15, 0.2) is 5.82 Å². The van der Waals surface area contributed by atoms with E-state index in [2.05, 4.69) is 46.3 Å². The van der Waals surface area contributed by atoms with E-state index >= 15 is 0 Å². The molecule has 3 heterocycles. The maximum absolute atomic E-state index is 12.9. The van der Waals surface area contributed by atoms with Crippen LogP contribution in [0, 0.1) is 0 Å². The number of likely N-dealkylation sites (N-methyl/N-ethyl adjacent to an activating group) is 1. The van der Waals surface area contributed by atoms with Crippen LogP contribution in [0.2, 0.25) is 0 Å². The van der Waals surface area contributed by atoms with Crippen LogP contribution in [0.25, 0.3) is 17.5 Å². The largest absolute Gasteiger partial charge is 0.374 e. The van der Waals surface area contributed by atoms with E-state index < -0.39 is 0 Å². The Balaban J connectivity index is 1.59. The second-order valence-electron chi connectivity index (χ2n) is 7.13. The summed E-state index contributed by atoms with van der Waals surface area (Å²) in [5.41, 5.74) is 7.04. The first-order valence-corrected chi connectivity index (χ1v) is 9.29. The molecule has 0 amide bonds. The molecule has 0 saturated carbocycles. The van der Waals surface area contributed by atoms with Gasteiger partial charge in [-0.15, -0.1) is 0 Å². The van der Waals surface area contributed by atoms with Crippen molar-refractivity contribution in [2.75, 3.05) is 18.5 Å². The van der Waals surface area contributed by atoms with Gasteiger partial charge in [0.1, 0.15) is 0 Å². The monoisotopic (exact) mass is 356 g/mol. The molecule has 1 aliphatic heterocycles. The van der Waals surface area contributed by atoms with Gasteiger partial charge in [0.2, 0.25) is 0 Å². The maximum Gasteiger partial charge on any atom is 0.276 e. The summed E-state index contributed by atoms with van der Waals surface area (Å²) >= 11 is 0. The molecule has 0 radical (unpaired) electrons. The molecule has 5 rings (SSSR count). The van der Waals surface area contributed by atoms with Crippen molar-refractivity contribution in [3.63, 3.8) is 0 Å². The second-order valence-corrected chi connectivity index (χ2v) is 7.13. The first-order chi connectivity index (χ1) is 13.2. The fraction of sp³-hybridized carbons (Fsp3) is 0.227. The Kier molecular flexibility index (Phi) is 3.67. The van der Waals surface area contributed by atoms with Crippen molar-refractivity contribution in [3.8, 4) is 5.82 Å². The van der Waals surface area contributed by atoms with Crippen LogP contribution in [-0.4, -0.2) is 28.4 Å². The predicted molar refractivity (Wildman–Crippen MR) is 107 cm³/mol. The van der Waals surface area contributed by atoms with Crippen molar-refractivity contribution in [2.45, 2.75) is 19.3 Å². The van der Waals surface area contributed by atoms with Crippen LogP contribution in [0.5, 0.6) is 0 Å². The van der Waals surface area contributed by atoms with E-state index in [0.717, 1.165) is 36.9 Å². The van der Waals surface area contributed by atoms with Crippen LogP contribution < -0.4 is 10.5 Å². The second kappa shape index (κ2) is 6.20. The molecule has 0 saturated heterocycles. The Labute approximate surface area is 157 Å². The molecule has 1 aliphatic carbocycles. The van der Waals surface area contributed by atoms with Crippen molar-refractivity contribution < 1.29 is 0 Å². The summed E-state index contributed by atoms with van der Waals surface area (Å²) < 4.78 is 1.40. The fourth-order valence-electron chi connectivity index (χ4n) is 4.15. The summed E-state index contributed by atoms with van der Waals surface area (Å²) in [6, 6.07) is 12.0. The molecule has 0 unspecified atom stereocenters. The lowest BCUT2D eigenvalue weighted by Gasteiger charge is -2.19. The molecular weight excluding hydrogens is 336 g/mol. The number of hydrogen-bond donors (Lipinski definition) is 0. The van der Waals surface area contributed by atoms with Crippen molar-refractivity contribution in [1.29, 1.82) is 0 Å². The standard InChI is InChI=1S/C22H20N4O/c1-25-12-10-19-17(5-4-6-20(19)25)15-8-9-18-16(13-15)14-24-26(22(18)27)21-7-2-3-11-23-21/h2-7,11,13-14H,8-10,12H2,1H3. The van der Waals surface area contributed by atoms with Crippen LogP contribution in [0.4, 0.5) is 5.69 Å². The highest BCUT2D eigenvalue weighted by atomic mass is 16.1. The van der Waals surface area contributed by atoms with Crippen LogP contribution in [-0.2, 0) is 12.8 Å². The number of aromatic nitrogens is 3. The zero-order valence-electron chi connectivity index (χ0n) is 15.2. The summed E-state index contributed by atoms with van der Waals surface area (Å²) in [5, 5.41) is 4.36. The summed E-state index contributed by atoms with van der Waals surface area (Å²) in [5.74, 6) is 0.559. The molecule has 134 valence electrons. The molecule has 5 heteroatoms. The summed E-state index contributed by atoms with van der Waals surface area (Å²) in [6.45, 7) is 1.06. The van der Waals surface area contributed by atoms with E-state index in [4.69, 9.17) is 0 Å². The third-order valence-electron chi connectivity index (χ3n) is 5.56. The fourth-order valence-corrected chi connectivity index (χ4v) is 4.15. The van der Waals surface area contributed by atoms with E-state index in [9.17, 15) is 4.79 Å². The number of hydrogen-bond acceptors (Lipinski definition) is 4. The Morgan fingerprint density at radius 3 is 2.78 bits per heavy atom. The Morgan fingerprint density at radius 1 is 1.00 bits per heavy atom. The minimum absolute atomic E-state index is 0.0699. The number of allylic oxidation sites excluding steroid dienone is 1. The van der Waals surface area contributed by atoms with E-state index in [1.54, 1.807) is 18.5 Å². The third-order valence-corrected chi connectivity index (χ3v) is 5.56. The molecule has 3 aromatic rings. The predicted octanol–water partition coefficient (Wildman–Crippen LogP) is 3.11. The number of anilines is 1. The quantitative estimate of drug-likeness (QED) is 0.708. The highest BCUT2D eigenvalue weighted by Crippen LogP contribution is 2.37. The normalized spacial score (nSPS) is 15.3. The van der Waals surface area contributed by atoms with Gasteiger partial charge in [-0.25, -0.2) is 4.98 Å². The van der Waals surface area contributed by atoms with Gasteiger partial charge in [0.05, 0.1) is 6.20 Å². The lowest BCUT2D eigenvalue weighted by atomic mass is 9.87. The number of fused-ring (bicyclic) bond motifs is 2. The molecular formula is C22H20N4O. The van der Waals surface area contributed by atoms with E-state index in [-0.39, 0.29) is 5.56 Å². The molecule has 1 aromatic carbocycles. The molecule has 0 bridgehead atoms. The summed E-state index contributed by atoms with van der Waals surface area (Å²) in [6.07, 6.45) is 8.28. The molecule has 0 atom stereocenters. The average molecular weight is 356 g/mol. The Morgan fingerprint density at radius 2 is 1.93 bits per heavy atom. The van der Waals surface area contributed by atoms with E-state index in [0.29, 0.717) is 5.82 Å². The van der Waals surface area contributed by atoms with Crippen molar-refractivity contribution in [1.82, 2.24) is 14.8 Å². The van der Waals surface area contributed by atoms with Crippen LogP contribution in [0.3, 0.4) is 0 Å². The lowest BCUT2D eigenvalue weighted by molar-refractivity contribution is 0.755. The van der Waals surface area contributed by atoms with Crippen LogP contribution >= 0.6 is 0 Å². The van der Waals surface area contributed by atoms with Gasteiger partial charge in [0.25, 0.3) is 5.56 Å². The van der Waals surface area contributed by atoms with Gasteiger partial charge in [0, 0.05) is 36.6 Å². The van der Waals surface area contributed by atoms with Crippen LogP contribution in [0.1, 0.15) is 28.7 Å². The topological polar surface area (TPSA) is 51.0 Å². The SMILES string of the molecule is CN1CCc2c(C3=Cc4cnn(-c5ccccn5)c(=O)c4CC3)cccc21. The van der Waals surface area contributed by atoms with Gasteiger partial charge in [-0.2, -0.15) is 9.78 Å². The summed E-state index contributed by atoms with van der Waals surface area (Å²) in [4.78, 5) is 19.5. The first-order valence-electron chi connectivity index (χ1n) is 9.29. The zero-order chi connectivity index (χ0) is 18.4.